The van der Waals surface area contributed by atoms with Crippen LogP contribution >= 0.6 is 11.3 Å². The Morgan fingerprint density at radius 2 is 2.25 bits per heavy atom. The van der Waals surface area contributed by atoms with Crippen LogP contribution in [0.3, 0.4) is 0 Å². The number of thiophene rings is 1. The van der Waals surface area contributed by atoms with Crippen LogP contribution in [0.1, 0.15) is 5.69 Å². The molecule has 0 radical (unpaired) electrons. The van der Waals surface area contributed by atoms with Gasteiger partial charge in [-0.15, -0.1) is 11.3 Å². The first kappa shape index (κ1) is 9.07. The number of aromatic nitrogens is 3. The molecular formula is C11H6N4S. The lowest BCUT2D eigenvalue weighted by Gasteiger charge is -2.03. The summed E-state index contributed by atoms with van der Waals surface area (Å²) in [6.45, 7) is 0. The topological polar surface area (TPSA) is 54.5 Å². The molecule has 0 fully saturated rings. The summed E-state index contributed by atoms with van der Waals surface area (Å²) in [7, 11) is 0. The van der Waals surface area contributed by atoms with Crippen molar-refractivity contribution in [3.05, 3.63) is 41.8 Å². The molecule has 0 spiro atoms. The molecule has 0 aromatic carbocycles. The zero-order valence-electron chi connectivity index (χ0n) is 8.16. The Hall–Kier alpha value is -2.19. The third-order valence-electron chi connectivity index (χ3n) is 2.32. The summed E-state index contributed by atoms with van der Waals surface area (Å²) in [5.41, 5.74) is 1.49. The van der Waals surface area contributed by atoms with Crippen molar-refractivity contribution in [2.45, 2.75) is 0 Å². The lowest BCUT2D eigenvalue weighted by atomic mass is 10.4. The molecule has 4 nitrogen and oxygen atoms in total. The predicted octanol–water partition coefficient (Wildman–Crippen LogP) is 2.35. The average molecular weight is 226 g/mol. The molecule has 0 saturated heterocycles. The smallest absolute Gasteiger partial charge is 0.159 e. The normalized spacial score (nSPS) is 10.4. The van der Waals surface area contributed by atoms with Crippen LogP contribution in [0.15, 0.2) is 36.1 Å². The van der Waals surface area contributed by atoms with Crippen LogP contribution in [0, 0.1) is 11.3 Å². The third-order valence-corrected chi connectivity index (χ3v) is 3.22. The summed E-state index contributed by atoms with van der Waals surface area (Å²) in [4.78, 5) is 8.41. The van der Waals surface area contributed by atoms with Gasteiger partial charge in [-0.1, -0.05) is 0 Å². The van der Waals surface area contributed by atoms with Crippen LogP contribution in [0.2, 0.25) is 0 Å². The minimum Gasteiger partial charge on any atom is -0.291 e. The Morgan fingerprint density at radius 1 is 1.31 bits per heavy atom. The van der Waals surface area contributed by atoms with Gasteiger partial charge in [-0.2, -0.15) is 5.26 Å². The van der Waals surface area contributed by atoms with Crippen molar-refractivity contribution in [2.75, 3.05) is 0 Å². The van der Waals surface area contributed by atoms with E-state index < -0.39 is 0 Å². The molecule has 0 N–H and O–H groups in total. The van der Waals surface area contributed by atoms with Crippen molar-refractivity contribution in [3.8, 4) is 11.9 Å². The van der Waals surface area contributed by atoms with E-state index >= 15 is 0 Å². The first-order valence-electron chi connectivity index (χ1n) is 4.66. The van der Waals surface area contributed by atoms with Crippen LogP contribution in [-0.4, -0.2) is 14.5 Å². The van der Waals surface area contributed by atoms with E-state index in [9.17, 15) is 0 Å². The van der Waals surface area contributed by atoms with Crippen molar-refractivity contribution in [1.82, 2.24) is 14.5 Å². The number of nitrogens with zero attached hydrogens (tertiary/aromatic N) is 4. The fourth-order valence-electron chi connectivity index (χ4n) is 1.60. The maximum absolute atomic E-state index is 8.98. The number of hydrogen-bond donors (Lipinski definition) is 0. The Kier molecular flexibility index (Phi) is 1.95. The lowest BCUT2D eigenvalue weighted by Crippen LogP contribution is -1.98. The Bertz CT molecular complexity index is 689. The van der Waals surface area contributed by atoms with E-state index in [0.29, 0.717) is 5.69 Å². The first-order chi connectivity index (χ1) is 7.90. The van der Waals surface area contributed by atoms with Gasteiger partial charge in [0.25, 0.3) is 0 Å². The predicted molar refractivity (Wildman–Crippen MR) is 61.5 cm³/mol. The molecule has 0 aliphatic heterocycles. The zero-order valence-corrected chi connectivity index (χ0v) is 8.98. The van der Waals surface area contributed by atoms with Gasteiger partial charge in [0.05, 0.1) is 10.2 Å². The molecule has 3 rings (SSSR count). The number of hydrogen-bond acceptors (Lipinski definition) is 4. The van der Waals surface area contributed by atoms with Gasteiger partial charge in [0.2, 0.25) is 0 Å². The van der Waals surface area contributed by atoms with Crippen molar-refractivity contribution in [1.29, 1.82) is 5.26 Å². The van der Waals surface area contributed by atoms with Gasteiger partial charge in [-0.25, -0.2) is 9.97 Å². The van der Waals surface area contributed by atoms with E-state index in [-0.39, 0.29) is 0 Å². The van der Waals surface area contributed by atoms with Crippen molar-refractivity contribution in [2.24, 2.45) is 0 Å². The average Bonchev–Trinajstić information content (AvgIpc) is 2.96. The van der Waals surface area contributed by atoms with Gasteiger partial charge in [-0.05, 0) is 23.6 Å². The second kappa shape index (κ2) is 3.43. The van der Waals surface area contributed by atoms with Crippen LogP contribution in [0.5, 0.6) is 0 Å². The summed E-state index contributed by atoms with van der Waals surface area (Å²) in [6, 6.07) is 7.68. The van der Waals surface area contributed by atoms with Gasteiger partial charge >= 0.3 is 0 Å². The molecule has 0 aliphatic rings. The molecule has 0 bridgehead atoms. The maximum atomic E-state index is 8.98. The van der Waals surface area contributed by atoms with E-state index in [0.717, 1.165) is 16.0 Å². The van der Waals surface area contributed by atoms with Crippen LogP contribution in [0.25, 0.3) is 16.0 Å². The Morgan fingerprint density at radius 3 is 3.12 bits per heavy atom. The standard InChI is InChI=1S/C11H6N4S/c12-6-8-2-1-4-15(8)11-10-9(3-5-16-10)13-7-14-11/h1-5,7H. The van der Waals surface area contributed by atoms with Gasteiger partial charge in [0, 0.05) is 6.20 Å². The SMILES string of the molecule is N#Cc1cccn1-c1ncnc2ccsc12. The molecule has 16 heavy (non-hydrogen) atoms. The first-order valence-corrected chi connectivity index (χ1v) is 5.54. The summed E-state index contributed by atoms with van der Waals surface area (Å²) in [5, 5.41) is 11.0. The number of rotatable bonds is 1. The number of nitriles is 1. The fraction of sp³-hybridized carbons (Fsp3) is 0. The molecule has 0 unspecified atom stereocenters. The quantitative estimate of drug-likeness (QED) is 0.640. The highest BCUT2D eigenvalue weighted by molar-refractivity contribution is 7.17. The van der Waals surface area contributed by atoms with E-state index in [1.165, 1.54) is 6.33 Å². The highest BCUT2D eigenvalue weighted by Gasteiger charge is 2.09. The number of fused-ring (bicyclic) bond motifs is 1. The lowest BCUT2D eigenvalue weighted by molar-refractivity contribution is 0.992. The maximum Gasteiger partial charge on any atom is 0.159 e. The van der Waals surface area contributed by atoms with Crippen molar-refractivity contribution in [3.63, 3.8) is 0 Å². The largest absolute Gasteiger partial charge is 0.291 e. The van der Waals surface area contributed by atoms with Gasteiger partial charge < -0.3 is 0 Å². The Labute approximate surface area is 95.4 Å². The van der Waals surface area contributed by atoms with Gasteiger partial charge in [0.1, 0.15) is 18.1 Å². The minimum absolute atomic E-state index is 0.577. The van der Waals surface area contributed by atoms with Crippen molar-refractivity contribution < 1.29 is 0 Å². The van der Waals surface area contributed by atoms with Crippen LogP contribution in [-0.2, 0) is 0 Å². The molecule has 0 atom stereocenters. The second-order valence-electron chi connectivity index (χ2n) is 3.21. The minimum atomic E-state index is 0.577. The molecule has 0 saturated carbocycles. The summed E-state index contributed by atoms with van der Waals surface area (Å²) in [6.07, 6.45) is 3.35. The zero-order chi connectivity index (χ0) is 11.0. The summed E-state index contributed by atoms with van der Waals surface area (Å²) < 4.78 is 2.77. The molecule has 0 amide bonds. The fourth-order valence-corrected chi connectivity index (χ4v) is 2.44. The van der Waals surface area contributed by atoms with E-state index in [2.05, 4.69) is 16.0 Å². The van der Waals surface area contributed by atoms with E-state index in [4.69, 9.17) is 5.26 Å². The second-order valence-corrected chi connectivity index (χ2v) is 4.12. The highest BCUT2D eigenvalue weighted by atomic mass is 32.1. The van der Waals surface area contributed by atoms with Crippen LogP contribution in [0.4, 0.5) is 0 Å². The van der Waals surface area contributed by atoms with E-state index in [1.54, 1.807) is 22.0 Å². The molecule has 3 aromatic heterocycles. The molecule has 0 aliphatic carbocycles. The molecular weight excluding hydrogens is 220 g/mol. The highest BCUT2D eigenvalue weighted by Crippen LogP contribution is 2.24. The van der Waals surface area contributed by atoms with Gasteiger partial charge in [-0.3, -0.25) is 4.57 Å². The van der Waals surface area contributed by atoms with Crippen LogP contribution < -0.4 is 0 Å². The molecule has 3 heterocycles. The summed E-state index contributed by atoms with van der Waals surface area (Å²) >= 11 is 1.58. The Balaban J connectivity index is 2.35. The summed E-state index contributed by atoms with van der Waals surface area (Å²) in [5.74, 6) is 0.765. The molecule has 5 heteroatoms. The van der Waals surface area contributed by atoms with E-state index in [1.807, 2.05) is 23.7 Å². The third kappa shape index (κ3) is 1.21. The molecule has 76 valence electrons. The van der Waals surface area contributed by atoms with Crippen molar-refractivity contribution >= 4 is 21.6 Å². The monoisotopic (exact) mass is 226 g/mol. The van der Waals surface area contributed by atoms with Gasteiger partial charge in [0.15, 0.2) is 5.82 Å². The molecule has 3 aromatic rings.